The summed E-state index contributed by atoms with van der Waals surface area (Å²) in [7, 11) is 1.68. The van der Waals surface area contributed by atoms with Gasteiger partial charge in [-0.25, -0.2) is 13.6 Å². The van der Waals surface area contributed by atoms with Crippen molar-refractivity contribution in [1.82, 2.24) is 10.2 Å². The van der Waals surface area contributed by atoms with Gasteiger partial charge in [-0.2, -0.15) is 0 Å². The lowest BCUT2D eigenvalue weighted by Gasteiger charge is -2.37. The van der Waals surface area contributed by atoms with Gasteiger partial charge in [-0.1, -0.05) is 0 Å². The van der Waals surface area contributed by atoms with Gasteiger partial charge in [0, 0.05) is 24.7 Å². The van der Waals surface area contributed by atoms with Crippen LogP contribution in [0.2, 0.25) is 0 Å². The second-order valence-corrected chi connectivity index (χ2v) is 6.94. The van der Waals surface area contributed by atoms with Crippen LogP contribution in [-0.2, 0) is 4.74 Å². The Morgan fingerprint density at radius 2 is 2.04 bits per heavy atom. The average Bonchev–Trinajstić information content (AvgIpc) is 2.47. The van der Waals surface area contributed by atoms with Crippen molar-refractivity contribution < 1.29 is 18.3 Å². The van der Waals surface area contributed by atoms with E-state index in [0.29, 0.717) is 18.5 Å². The summed E-state index contributed by atoms with van der Waals surface area (Å²) in [6.45, 7) is 6.06. The fourth-order valence-electron chi connectivity index (χ4n) is 2.75. The van der Waals surface area contributed by atoms with Crippen LogP contribution in [-0.4, -0.2) is 36.2 Å². The first-order valence-corrected chi connectivity index (χ1v) is 7.81. The van der Waals surface area contributed by atoms with Gasteiger partial charge in [-0.3, -0.25) is 0 Å². The number of hydrogen-bond donors (Lipinski definition) is 1. The van der Waals surface area contributed by atoms with Gasteiger partial charge in [0.1, 0.15) is 17.2 Å². The molecule has 0 aliphatic carbocycles. The summed E-state index contributed by atoms with van der Waals surface area (Å²) in [4.78, 5) is 13.7. The third-order valence-electron chi connectivity index (χ3n) is 3.94. The second-order valence-electron chi connectivity index (χ2n) is 6.94. The monoisotopic (exact) mass is 326 g/mol. The molecule has 1 N–H and O–H groups in total. The zero-order chi connectivity index (χ0) is 17.2. The predicted octanol–water partition coefficient (Wildman–Crippen LogP) is 3.62. The van der Waals surface area contributed by atoms with E-state index in [0.717, 1.165) is 18.6 Å². The summed E-state index contributed by atoms with van der Waals surface area (Å²) in [6.07, 6.45) is 0.849. The van der Waals surface area contributed by atoms with Crippen LogP contribution in [0.5, 0.6) is 0 Å². The molecule has 23 heavy (non-hydrogen) atoms. The maximum atomic E-state index is 14.0. The van der Waals surface area contributed by atoms with Gasteiger partial charge in [0.15, 0.2) is 0 Å². The standard InChI is InChI=1S/C17H24F2N2O2/c1-17(2,3)23-16(22)21(4)12-7-8-20-15(10-12)13-9-11(18)5-6-14(13)19/h5-6,9,12,15,20H,7-8,10H2,1-4H3/t12-,15+/m1/s1. The molecule has 0 unspecified atom stereocenters. The summed E-state index contributed by atoms with van der Waals surface area (Å²) in [5.74, 6) is -0.907. The van der Waals surface area contributed by atoms with E-state index in [-0.39, 0.29) is 12.1 Å². The highest BCUT2D eigenvalue weighted by Gasteiger charge is 2.31. The molecule has 4 nitrogen and oxygen atoms in total. The van der Waals surface area contributed by atoms with E-state index in [2.05, 4.69) is 5.32 Å². The zero-order valence-electron chi connectivity index (χ0n) is 14.0. The minimum atomic E-state index is -0.563. The number of rotatable bonds is 2. The molecule has 1 amide bonds. The topological polar surface area (TPSA) is 41.6 Å². The molecule has 2 atom stereocenters. The molecule has 1 aliphatic heterocycles. The van der Waals surface area contributed by atoms with Crippen LogP contribution >= 0.6 is 0 Å². The Morgan fingerprint density at radius 3 is 2.70 bits per heavy atom. The third-order valence-corrected chi connectivity index (χ3v) is 3.94. The number of hydrogen-bond acceptors (Lipinski definition) is 3. The van der Waals surface area contributed by atoms with Crippen LogP contribution in [0.4, 0.5) is 13.6 Å². The fourth-order valence-corrected chi connectivity index (χ4v) is 2.75. The van der Waals surface area contributed by atoms with Crippen LogP contribution in [0.3, 0.4) is 0 Å². The Labute approximate surface area is 135 Å². The summed E-state index contributed by atoms with van der Waals surface area (Å²) in [5.41, 5.74) is -0.265. The van der Waals surface area contributed by atoms with Crippen LogP contribution in [0.1, 0.15) is 45.2 Å². The highest BCUT2D eigenvalue weighted by Crippen LogP contribution is 2.28. The molecule has 0 saturated carbocycles. The van der Waals surface area contributed by atoms with Gasteiger partial charge < -0.3 is 15.0 Å². The quantitative estimate of drug-likeness (QED) is 0.902. The van der Waals surface area contributed by atoms with E-state index in [9.17, 15) is 13.6 Å². The summed E-state index contributed by atoms with van der Waals surface area (Å²) >= 11 is 0. The maximum Gasteiger partial charge on any atom is 0.410 e. The highest BCUT2D eigenvalue weighted by molar-refractivity contribution is 5.68. The molecule has 1 fully saturated rings. The number of carbonyl (C=O) groups is 1. The molecule has 1 saturated heterocycles. The predicted molar refractivity (Wildman–Crippen MR) is 84.1 cm³/mol. The van der Waals surface area contributed by atoms with Crippen LogP contribution in [0.25, 0.3) is 0 Å². The van der Waals surface area contributed by atoms with Crippen molar-refractivity contribution in [3.05, 3.63) is 35.4 Å². The van der Waals surface area contributed by atoms with Gasteiger partial charge in [0.05, 0.1) is 0 Å². The van der Waals surface area contributed by atoms with E-state index in [1.54, 1.807) is 11.9 Å². The Kier molecular flexibility index (Phi) is 5.24. The van der Waals surface area contributed by atoms with Crippen molar-refractivity contribution >= 4 is 6.09 Å². The molecule has 2 rings (SSSR count). The van der Waals surface area contributed by atoms with Crippen LogP contribution in [0.15, 0.2) is 18.2 Å². The van der Waals surface area contributed by atoms with E-state index in [1.165, 1.54) is 6.07 Å². The molecule has 0 bridgehead atoms. The van der Waals surface area contributed by atoms with Crippen LogP contribution in [0, 0.1) is 11.6 Å². The molecule has 1 aromatic rings. The lowest BCUT2D eigenvalue weighted by Crippen LogP contribution is -2.47. The summed E-state index contributed by atoms with van der Waals surface area (Å²) in [6, 6.07) is 3.04. The van der Waals surface area contributed by atoms with Gasteiger partial charge in [0.2, 0.25) is 0 Å². The Morgan fingerprint density at radius 1 is 1.35 bits per heavy atom. The van der Waals surface area contributed by atoms with Gasteiger partial charge in [0.25, 0.3) is 0 Å². The smallest absolute Gasteiger partial charge is 0.410 e. The normalized spacial score (nSPS) is 21.8. The number of ether oxygens (including phenoxy) is 1. The highest BCUT2D eigenvalue weighted by atomic mass is 19.1. The second kappa shape index (κ2) is 6.83. The van der Waals surface area contributed by atoms with Crippen molar-refractivity contribution in [3.8, 4) is 0 Å². The van der Waals surface area contributed by atoms with E-state index < -0.39 is 23.3 Å². The molecule has 0 aromatic heterocycles. The molecule has 6 heteroatoms. The minimum absolute atomic E-state index is 0.0845. The number of benzene rings is 1. The van der Waals surface area contributed by atoms with Crippen molar-refractivity contribution in [1.29, 1.82) is 0 Å². The van der Waals surface area contributed by atoms with Crippen molar-refractivity contribution in [2.75, 3.05) is 13.6 Å². The first kappa shape index (κ1) is 17.7. The minimum Gasteiger partial charge on any atom is -0.444 e. The first-order chi connectivity index (χ1) is 10.7. The van der Waals surface area contributed by atoms with Gasteiger partial charge >= 0.3 is 6.09 Å². The zero-order valence-corrected chi connectivity index (χ0v) is 14.0. The Hall–Kier alpha value is -1.69. The molecule has 0 radical (unpaired) electrons. The number of nitrogens with one attached hydrogen (secondary N) is 1. The van der Waals surface area contributed by atoms with Gasteiger partial charge in [-0.15, -0.1) is 0 Å². The van der Waals surface area contributed by atoms with Crippen molar-refractivity contribution in [2.24, 2.45) is 0 Å². The van der Waals surface area contributed by atoms with Gasteiger partial charge in [-0.05, 0) is 58.4 Å². The first-order valence-electron chi connectivity index (χ1n) is 7.81. The van der Waals surface area contributed by atoms with E-state index in [4.69, 9.17) is 4.74 Å². The molecule has 128 valence electrons. The number of piperidine rings is 1. The Bertz CT molecular complexity index is 572. The molecule has 0 spiro atoms. The molecule has 1 aromatic carbocycles. The fraction of sp³-hybridized carbons (Fsp3) is 0.588. The number of nitrogens with zero attached hydrogens (tertiary/aromatic N) is 1. The molecule has 1 aliphatic rings. The van der Waals surface area contributed by atoms with Crippen molar-refractivity contribution in [3.63, 3.8) is 0 Å². The van der Waals surface area contributed by atoms with Crippen molar-refractivity contribution in [2.45, 2.75) is 51.3 Å². The number of amides is 1. The van der Waals surface area contributed by atoms with E-state index >= 15 is 0 Å². The number of carbonyl (C=O) groups excluding carboxylic acids is 1. The maximum absolute atomic E-state index is 14.0. The third kappa shape index (κ3) is 4.64. The SMILES string of the molecule is CN(C(=O)OC(C)(C)C)[C@@H]1CCN[C@H](c2cc(F)ccc2F)C1. The van der Waals surface area contributed by atoms with E-state index in [1.807, 2.05) is 20.8 Å². The lowest BCUT2D eigenvalue weighted by atomic mass is 9.92. The summed E-state index contributed by atoms with van der Waals surface area (Å²) in [5, 5.41) is 3.19. The average molecular weight is 326 g/mol. The lowest BCUT2D eigenvalue weighted by molar-refractivity contribution is 0.0178. The Balaban J connectivity index is 2.08. The largest absolute Gasteiger partial charge is 0.444 e. The van der Waals surface area contributed by atoms with Crippen LogP contribution < -0.4 is 5.32 Å². The molecule has 1 heterocycles. The molecular weight excluding hydrogens is 302 g/mol. The summed E-state index contributed by atoms with van der Waals surface area (Å²) < 4.78 is 32.7. The number of halogens is 2. The molecular formula is C17H24F2N2O2.